The summed E-state index contributed by atoms with van der Waals surface area (Å²) in [6.45, 7) is 10.1. The SMILES string of the molecule is CCC(CC)CNCC1(CN)CCC(C)CC1. The molecule has 1 fully saturated rings. The molecular formula is C15H32N2. The first-order valence-corrected chi connectivity index (χ1v) is 7.56. The Kier molecular flexibility index (Phi) is 6.50. The van der Waals surface area contributed by atoms with E-state index in [1.165, 1.54) is 45.1 Å². The molecule has 0 radical (unpaired) electrons. The molecule has 0 aromatic heterocycles. The molecule has 1 aliphatic carbocycles. The molecule has 17 heavy (non-hydrogen) atoms. The highest BCUT2D eigenvalue weighted by atomic mass is 14.9. The number of hydrogen-bond acceptors (Lipinski definition) is 2. The summed E-state index contributed by atoms with van der Waals surface area (Å²) < 4.78 is 0. The molecule has 0 aromatic carbocycles. The Morgan fingerprint density at radius 3 is 2.29 bits per heavy atom. The summed E-state index contributed by atoms with van der Waals surface area (Å²) in [7, 11) is 0. The second-order valence-corrected chi connectivity index (χ2v) is 6.20. The predicted molar refractivity (Wildman–Crippen MR) is 76.1 cm³/mol. The Bertz CT molecular complexity index is 191. The van der Waals surface area contributed by atoms with E-state index >= 15 is 0 Å². The van der Waals surface area contributed by atoms with Crippen LogP contribution in [0.15, 0.2) is 0 Å². The van der Waals surface area contributed by atoms with Crippen LogP contribution in [-0.4, -0.2) is 19.6 Å². The number of nitrogens with one attached hydrogen (secondary N) is 1. The van der Waals surface area contributed by atoms with Gasteiger partial charge >= 0.3 is 0 Å². The molecule has 0 spiro atoms. The molecule has 0 unspecified atom stereocenters. The summed E-state index contributed by atoms with van der Waals surface area (Å²) >= 11 is 0. The maximum Gasteiger partial charge on any atom is 0.00200 e. The standard InChI is InChI=1S/C15H32N2/c1-4-14(5-2)10-17-12-15(11-16)8-6-13(3)7-9-15/h13-14,17H,4-12,16H2,1-3H3. The Balaban J connectivity index is 2.31. The number of rotatable bonds is 7. The maximum atomic E-state index is 6.03. The Labute approximate surface area is 108 Å². The van der Waals surface area contributed by atoms with Crippen LogP contribution in [0.1, 0.15) is 59.3 Å². The van der Waals surface area contributed by atoms with Crippen LogP contribution in [0, 0.1) is 17.3 Å². The van der Waals surface area contributed by atoms with Gasteiger partial charge in [0.1, 0.15) is 0 Å². The lowest BCUT2D eigenvalue weighted by Gasteiger charge is -2.39. The van der Waals surface area contributed by atoms with Crippen LogP contribution >= 0.6 is 0 Å². The van der Waals surface area contributed by atoms with Crippen molar-refractivity contribution < 1.29 is 0 Å². The topological polar surface area (TPSA) is 38.0 Å². The number of hydrogen-bond donors (Lipinski definition) is 2. The second kappa shape index (κ2) is 7.38. The molecule has 0 atom stereocenters. The van der Waals surface area contributed by atoms with Crippen LogP contribution in [0.3, 0.4) is 0 Å². The van der Waals surface area contributed by atoms with Gasteiger partial charge in [0.05, 0.1) is 0 Å². The van der Waals surface area contributed by atoms with Gasteiger partial charge in [-0.25, -0.2) is 0 Å². The first-order chi connectivity index (χ1) is 8.15. The molecular weight excluding hydrogens is 208 g/mol. The van der Waals surface area contributed by atoms with Gasteiger partial charge in [0.2, 0.25) is 0 Å². The highest BCUT2D eigenvalue weighted by Crippen LogP contribution is 2.37. The molecule has 0 amide bonds. The smallest absolute Gasteiger partial charge is 0.00200 e. The Morgan fingerprint density at radius 2 is 1.82 bits per heavy atom. The predicted octanol–water partition coefficient (Wildman–Crippen LogP) is 3.17. The average molecular weight is 240 g/mol. The Hall–Kier alpha value is -0.0800. The first-order valence-electron chi connectivity index (χ1n) is 7.56. The molecule has 3 N–H and O–H groups in total. The molecule has 102 valence electrons. The summed E-state index contributed by atoms with van der Waals surface area (Å²) in [6, 6.07) is 0. The summed E-state index contributed by atoms with van der Waals surface area (Å²) in [5.74, 6) is 1.75. The van der Waals surface area contributed by atoms with Crippen molar-refractivity contribution >= 4 is 0 Å². The van der Waals surface area contributed by atoms with Gasteiger partial charge in [-0.2, -0.15) is 0 Å². The van der Waals surface area contributed by atoms with E-state index in [4.69, 9.17) is 5.73 Å². The first kappa shape index (κ1) is 15.0. The minimum Gasteiger partial charge on any atom is -0.330 e. The van der Waals surface area contributed by atoms with Crippen molar-refractivity contribution in [3.63, 3.8) is 0 Å². The van der Waals surface area contributed by atoms with Crippen molar-refractivity contribution in [2.24, 2.45) is 23.0 Å². The van der Waals surface area contributed by atoms with E-state index in [1.54, 1.807) is 0 Å². The van der Waals surface area contributed by atoms with Crippen molar-refractivity contribution in [1.29, 1.82) is 0 Å². The summed E-state index contributed by atoms with van der Waals surface area (Å²) in [4.78, 5) is 0. The van der Waals surface area contributed by atoms with E-state index in [0.717, 1.165) is 24.9 Å². The van der Waals surface area contributed by atoms with Crippen LogP contribution in [0.5, 0.6) is 0 Å². The molecule has 0 bridgehead atoms. The summed E-state index contributed by atoms with van der Waals surface area (Å²) in [6.07, 6.45) is 7.95. The molecule has 0 aliphatic heterocycles. The van der Waals surface area contributed by atoms with Gasteiger partial charge in [-0.3, -0.25) is 0 Å². The van der Waals surface area contributed by atoms with Gasteiger partial charge in [-0.15, -0.1) is 0 Å². The third kappa shape index (κ3) is 4.59. The largest absolute Gasteiger partial charge is 0.330 e. The van der Waals surface area contributed by atoms with Crippen LogP contribution in [0.25, 0.3) is 0 Å². The fourth-order valence-electron chi connectivity index (χ4n) is 2.95. The molecule has 0 saturated heterocycles. The zero-order valence-electron chi connectivity index (χ0n) is 12.1. The summed E-state index contributed by atoms with van der Waals surface area (Å²) in [5, 5.41) is 3.68. The molecule has 2 heteroatoms. The minimum atomic E-state index is 0.401. The number of nitrogens with two attached hydrogens (primary N) is 1. The lowest BCUT2D eigenvalue weighted by atomic mass is 9.71. The van der Waals surface area contributed by atoms with Crippen molar-refractivity contribution in [3.8, 4) is 0 Å². The normalized spacial score (nSPS) is 29.8. The fraction of sp³-hybridized carbons (Fsp3) is 1.00. The van der Waals surface area contributed by atoms with E-state index < -0.39 is 0 Å². The summed E-state index contributed by atoms with van der Waals surface area (Å²) in [5.41, 5.74) is 6.43. The van der Waals surface area contributed by atoms with Gasteiger partial charge in [0.25, 0.3) is 0 Å². The van der Waals surface area contributed by atoms with Crippen LogP contribution in [0.4, 0.5) is 0 Å². The van der Waals surface area contributed by atoms with Crippen LogP contribution < -0.4 is 11.1 Å². The molecule has 0 aromatic rings. The van der Waals surface area contributed by atoms with Gasteiger partial charge in [0, 0.05) is 6.54 Å². The molecule has 1 aliphatic rings. The van der Waals surface area contributed by atoms with E-state index in [2.05, 4.69) is 26.1 Å². The lowest BCUT2D eigenvalue weighted by molar-refractivity contribution is 0.157. The third-order valence-corrected chi connectivity index (χ3v) is 4.86. The Morgan fingerprint density at radius 1 is 1.24 bits per heavy atom. The maximum absolute atomic E-state index is 6.03. The average Bonchev–Trinajstić information content (AvgIpc) is 2.37. The van der Waals surface area contributed by atoms with Crippen molar-refractivity contribution in [1.82, 2.24) is 5.32 Å². The van der Waals surface area contributed by atoms with Crippen LogP contribution in [-0.2, 0) is 0 Å². The van der Waals surface area contributed by atoms with Gasteiger partial charge < -0.3 is 11.1 Å². The van der Waals surface area contributed by atoms with Crippen molar-refractivity contribution in [3.05, 3.63) is 0 Å². The molecule has 1 saturated carbocycles. The zero-order chi connectivity index (χ0) is 12.7. The highest BCUT2D eigenvalue weighted by Gasteiger charge is 2.32. The minimum absolute atomic E-state index is 0.401. The third-order valence-electron chi connectivity index (χ3n) is 4.86. The highest BCUT2D eigenvalue weighted by molar-refractivity contribution is 4.87. The fourth-order valence-corrected chi connectivity index (χ4v) is 2.95. The van der Waals surface area contributed by atoms with Crippen molar-refractivity contribution in [2.45, 2.75) is 59.3 Å². The second-order valence-electron chi connectivity index (χ2n) is 6.20. The van der Waals surface area contributed by atoms with E-state index in [9.17, 15) is 0 Å². The van der Waals surface area contributed by atoms with Gasteiger partial charge in [-0.1, -0.05) is 46.5 Å². The molecule has 2 nitrogen and oxygen atoms in total. The lowest BCUT2D eigenvalue weighted by Crippen LogP contribution is -2.43. The quantitative estimate of drug-likeness (QED) is 0.717. The zero-order valence-corrected chi connectivity index (χ0v) is 12.1. The van der Waals surface area contributed by atoms with Gasteiger partial charge in [0.15, 0.2) is 0 Å². The van der Waals surface area contributed by atoms with E-state index in [1.807, 2.05) is 0 Å². The molecule has 0 heterocycles. The van der Waals surface area contributed by atoms with E-state index in [-0.39, 0.29) is 0 Å². The van der Waals surface area contributed by atoms with Crippen molar-refractivity contribution in [2.75, 3.05) is 19.6 Å². The van der Waals surface area contributed by atoms with Gasteiger partial charge in [-0.05, 0) is 43.2 Å². The molecule has 1 rings (SSSR count). The monoisotopic (exact) mass is 240 g/mol. The van der Waals surface area contributed by atoms with E-state index in [0.29, 0.717) is 5.41 Å². The van der Waals surface area contributed by atoms with Crippen LogP contribution in [0.2, 0.25) is 0 Å².